The molecule has 0 bridgehead atoms. The molecule has 2 aliphatic rings. The van der Waals surface area contributed by atoms with Crippen LogP contribution in [0.1, 0.15) is 41.7 Å². The van der Waals surface area contributed by atoms with Crippen LogP contribution in [0.2, 0.25) is 0 Å². The van der Waals surface area contributed by atoms with Gasteiger partial charge >= 0.3 is 12.1 Å². The lowest BCUT2D eigenvalue weighted by Crippen LogP contribution is -2.43. The quantitative estimate of drug-likeness (QED) is 0.162. The van der Waals surface area contributed by atoms with Gasteiger partial charge in [0.25, 0.3) is 0 Å². The van der Waals surface area contributed by atoms with Gasteiger partial charge in [-0.25, -0.2) is 32.8 Å². The molecule has 16 heteroatoms. The molecule has 13 nitrogen and oxygen atoms in total. The molecule has 7 aromatic rings. The molecular formula is C55H54F3N7O6. The smallest absolute Gasteiger partial charge is 0.344 e. The number of carbonyl (C=O) groups is 2. The van der Waals surface area contributed by atoms with Crippen molar-refractivity contribution in [3.63, 3.8) is 0 Å². The van der Waals surface area contributed by atoms with E-state index in [1.165, 1.54) is 73.8 Å². The van der Waals surface area contributed by atoms with E-state index >= 15 is 4.39 Å². The molecule has 1 N–H and O–H groups in total. The van der Waals surface area contributed by atoms with Gasteiger partial charge in [-0.2, -0.15) is 10.2 Å². The SMILES string of the molecule is CNC(=O)N1N=C(c2ccc(-c3ccc4c(ccn4C)c3)cc2)c2c(c(F)cc(OC)c2OC)CC1C.COc1cc(F)c2c(c1OC)C=NN(C(=O)N(C)c1ccc(-c3ccc(F)cc3)cc1)C(C)C2. The summed E-state index contributed by atoms with van der Waals surface area (Å²) < 4.78 is 67.3. The first-order valence-corrected chi connectivity index (χ1v) is 22.8. The third-order valence-electron chi connectivity index (χ3n) is 12.8. The van der Waals surface area contributed by atoms with E-state index in [0.29, 0.717) is 45.2 Å². The van der Waals surface area contributed by atoms with E-state index in [1.807, 2.05) is 75.6 Å². The topological polar surface area (TPSA) is 122 Å². The Morgan fingerprint density at radius 3 is 1.82 bits per heavy atom. The van der Waals surface area contributed by atoms with Crippen molar-refractivity contribution in [2.45, 2.75) is 38.8 Å². The van der Waals surface area contributed by atoms with Gasteiger partial charge in [-0.15, -0.1) is 0 Å². The third kappa shape index (κ3) is 9.69. The molecule has 1 aromatic heterocycles. The van der Waals surface area contributed by atoms with Crippen molar-refractivity contribution in [2.75, 3.05) is 47.4 Å². The van der Waals surface area contributed by atoms with Gasteiger partial charge in [0.05, 0.1) is 52.3 Å². The molecule has 0 spiro atoms. The predicted molar refractivity (Wildman–Crippen MR) is 271 cm³/mol. The predicted octanol–water partition coefficient (Wildman–Crippen LogP) is 10.8. The van der Waals surface area contributed by atoms with Crippen LogP contribution >= 0.6 is 0 Å². The Labute approximate surface area is 410 Å². The fraction of sp³-hybridized carbons (Fsp3) is 0.236. The minimum absolute atomic E-state index is 0.255. The Morgan fingerprint density at radius 2 is 1.20 bits per heavy atom. The van der Waals surface area contributed by atoms with Gasteiger partial charge in [-0.05, 0) is 91.4 Å². The first kappa shape index (κ1) is 49.2. The van der Waals surface area contributed by atoms with Crippen LogP contribution in [-0.4, -0.2) is 93.2 Å². The number of nitrogens with zero attached hydrogens (tertiary/aromatic N) is 6. The van der Waals surface area contributed by atoms with E-state index in [0.717, 1.165) is 38.7 Å². The van der Waals surface area contributed by atoms with Gasteiger partial charge in [0.15, 0.2) is 23.0 Å². The number of hydrogen-bond acceptors (Lipinski definition) is 8. The van der Waals surface area contributed by atoms with Gasteiger partial charge in [0.1, 0.15) is 23.2 Å². The zero-order chi connectivity index (χ0) is 50.7. The van der Waals surface area contributed by atoms with Crippen LogP contribution < -0.4 is 29.2 Å². The fourth-order valence-corrected chi connectivity index (χ4v) is 8.94. The second kappa shape index (κ2) is 20.8. The van der Waals surface area contributed by atoms with Gasteiger partial charge in [-0.1, -0.05) is 54.6 Å². The molecule has 0 fully saturated rings. The monoisotopic (exact) mass is 965 g/mol. The molecule has 2 aliphatic heterocycles. The van der Waals surface area contributed by atoms with Gasteiger partial charge in [-0.3, -0.25) is 4.90 Å². The van der Waals surface area contributed by atoms with Crippen molar-refractivity contribution >= 4 is 40.6 Å². The number of aromatic nitrogens is 1. The van der Waals surface area contributed by atoms with Crippen LogP contribution in [0, 0.1) is 17.5 Å². The number of urea groups is 2. The lowest BCUT2D eigenvalue weighted by molar-refractivity contribution is 0.184. The van der Waals surface area contributed by atoms with Crippen molar-refractivity contribution in [3.05, 3.63) is 161 Å². The summed E-state index contributed by atoms with van der Waals surface area (Å²) in [6.45, 7) is 3.65. The molecule has 0 saturated carbocycles. The first-order chi connectivity index (χ1) is 34.2. The van der Waals surface area contributed by atoms with E-state index in [1.54, 1.807) is 26.2 Å². The second-order valence-electron chi connectivity index (χ2n) is 17.2. The van der Waals surface area contributed by atoms with Crippen LogP contribution in [0.25, 0.3) is 33.2 Å². The molecule has 3 heterocycles. The Morgan fingerprint density at radius 1 is 0.662 bits per heavy atom. The molecule has 71 heavy (non-hydrogen) atoms. The maximum Gasteiger partial charge on any atom is 0.344 e. The standard InChI is InChI=1S/C29H29FN4O3.C26H25F2N3O3/c1-17-14-22-23(30)16-25(36-4)28(37-5)26(22)27(32-34(17)29(35)31-2)19-8-6-18(7-9-19)20-10-11-24-21(15-20)12-13-33(24)3;1-16-13-21-22(25(34-4)24(33-3)14-23(21)28)15-29-31(16)26(32)30(2)20-11-7-18(8-12-20)17-5-9-19(27)10-6-17/h6-13,15-17H,14H2,1-5H3,(H,31,35);5-12,14-16H,13H2,1-4H3. The number of amides is 4. The van der Waals surface area contributed by atoms with E-state index in [4.69, 9.17) is 24.0 Å². The van der Waals surface area contributed by atoms with Crippen LogP contribution in [0.15, 0.2) is 126 Å². The second-order valence-corrected chi connectivity index (χ2v) is 17.2. The molecular weight excluding hydrogens is 912 g/mol. The zero-order valence-corrected chi connectivity index (χ0v) is 40.9. The summed E-state index contributed by atoms with van der Waals surface area (Å²) in [5.41, 5.74) is 8.63. The number of aryl methyl sites for hydroxylation is 1. The molecule has 0 radical (unpaired) electrons. The minimum Gasteiger partial charge on any atom is -0.493 e. The number of nitrogens with one attached hydrogen (secondary N) is 1. The molecule has 2 atom stereocenters. The number of fused-ring (bicyclic) bond motifs is 3. The van der Waals surface area contributed by atoms with E-state index in [-0.39, 0.29) is 48.3 Å². The van der Waals surface area contributed by atoms with Crippen LogP contribution in [0.5, 0.6) is 23.0 Å². The van der Waals surface area contributed by atoms with Gasteiger partial charge < -0.3 is 28.8 Å². The van der Waals surface area contributed by atoms with Crippen molar-refractivity contribution in [1.29, 1.82) is 0 Å². The largest absolute Gasteiger partial charge is 0.493 e. The number of ether oxygens (including phenoxy) is 4. The van der Waals surface area contributed by atoms with Crippen molar-refractivity contribution in [3.8, 4) is 45.3 Å². The van der Waals surface area contributed by atoms with Crippen molar-refractivity contribution < 1.29 is 41.7 Å². The highest BCUT2D eigenvalue weighted by Crippen LogP contribution is 2.41. The maximum atomic E-state index is 15.4. The highest BCUT2D eigenvalue weighted by Gasteiger charge is 2.33. The molecule has 366 valence electrons. The van der Waals surface area contributed by atoms with Crippen LogP contribution in [-0.2, 0) is 19.9 Å². The molecule has 2 unspecified atom stereocenters. The number of carbonyl (C=O) groups excluding carboxylic acids is 2. The highest BCUT2D eigenvalue weighted by molar-refractivity contribution is 6.16. The number of rotatable bonds is 8. The summed E-state index contributed by atoms with van der Waals surface area (Å²) in [5, 5.41) is 15.6. The molecule has 6 aromatic carbocycles. The summed E-state index contributed by atoms with van der Waals surface area (Å²) in [7, 11) is 11.1. The highest BCUT2D eigenvalue weighted by atomic mass is 19.1. The van der Waals surface area contributed by atoms with E-state index < -0.39 is 17.7 Å². The summed E-state index contributed by atoms with van der Waals surface area (Å²) in [6.07, 6.45) is 3.99. The normalized spacial score (nSPS) is 15.0. The number of benzene rings is 6. The fourth-order valence-electron chi connectivity index (χ4n) is 8.94. The van der Waals surface area contributed by atoms with Crippen LogP contribution in [0.3, 0.4) is 0 Å². The average Bonchev–Trinajstić information content (AvgIpc) is 3.56. The molecule has 0 aliphatic carbocycles. The number of halogens is 3. The summed E-state index contributed by atoms with van der Waals surface area (Å²) >= 11 is 0. The van der Waals surface area contributed by atoms with Crippen molar-refractivity contribution in [1.82, 2.24) is 19.9 Å². The summed E-state index contributed by atoms with van der Waals surface area (Å²) in [4.78, 5) is 27.5. The molecule has 0 saturated heterocycles. The number of hydrazone groups is 2. The first-order valence-electron chi connectivity index (χ1n) is 22.8. The van der Waals surface area contributed by atoms with Crippen LogP contribution in [0.4, 0.5) is 28.4 Å². The lowest BCUT2D eigenvalue weighted by Gasteiger charge is -2.28. The van der Waals surface area contributed by atoms with Gasteiger partial charge in [0.2, 0.25) is 0 Å². The third-order valence-corrected chi connectivity index (χ3v) is 12.8. The Hall–Kier alpha value is -8.27. The zero-order valence-electron chi connectivity index (χ0n) is 40.9. The number of anilines is 1. The van der Waals surface area contributed by atoms with E-state index in [9.17, 15) is 18.4 Å². The summed E-state index contributed by atoms with van der Waals surface area (Å²) in [5.74, 6) is 0.104. The summed E-state index contributed by atoms with van der Waals surface area (Å²) in [6, 6.07) is 30.9. The number of methoxy groups -OCH3 is 4. The minimum atomic E-state index is -0.440. The molecule has 9 rings (SSSR count). The Balaban J connectivity index is 0.000000191. The molecule has 4 amide bonds. The Bertz CT molecular complexity index is 3180. The van der Waals surface area contributed by atoms with Gasteiger partial charge in [0, 0.05) is 78.3 Å². The lowest BCUT2D eigenvalue weighted by atomic mass is 9.92. The van der Waals surface area contributed by atoms with E-state index in [2.05, 4.69) is 39.3 Å². The average molecular weight is 966 g/mol. The maximum absolute atomic E-state index is 15.4. The number of hydrogen-bond donors (Lipinski definition) is 1. The Kier molecular flexibility index (Phi) is 14.4. The van der Waals surface area contributed by atoms with Crippen molar-refractivity contribution in [2.24, 2.45) is 17.3 Å².